The van der Waals surface area contributed by atoms with E-state index in [-0.39, 0.29) is 12.4 Å². The van der Waals surface area contributed by atoms with Crippen molar-refractivity contribution in [3.05, 3.63) is 34.1 Å². The monoisotopic (exact) mass is 262 g/mol. The molecule has 1 aromatic carbocycles. The van der Waals surface area contributed by atoms with Gasteiger partial charge in [-0.3, -0.25) is 0 Å². The van der Waals surface area contributed by atoms with Gasteiger partial charge in [-0.2, -0.15) is 0 Å². The quantitative estimate of drug-likeness (QED) is 0.760. The molecule has 0 aliphatic rings. The number of ether oxygens (including phenoxy) is 2. The van der Waals surface area contributed by atoms with Crippen LogP contribution in [0.1, 0.15) is 5.56 Å². The second kappa shape index (κ2) is 6.11. The molecule has 0 aromatic heterocycles. The minimum absolute atomic E-state index is 0.253. The van der Waals surface area contributed by atoms with Gasteiger partial charge >= 0.3 is 0 Å². The topological polar surface area (TPSA) is 18.5 Å². The maximum atomic E-state index is 13.2. The third-order valence-electron chi connectivity index (χ3n) is 1.74. The number of rotatable bonds is 5. The highest BCUT2D eigenvalue weighted by Gasteiger charge is 2.05. The van der Waals surface area contributed by atoms with Crippen LogP contribution in [0.15, 0.2) is 22.7 Å². The molecule has 1 rings (SSSR count). The number of halogens is 2. The average molecular weight is 263 g/mol. The van der Waals surface area contributed by atoms with Gasteiger partial charge in [0.2, 0.25) is 0 Å². The fourth-order valence-corrected chi connectivity index (χ4v) is 1.44. The smallest absolute Gasteiger partial charge is 0.129 e. The Kier molecular flexibility index (Phi) is 5.07. The number of methoxy groups -OCH3 is 1. The highest BCUT2D eigenvalue weighted by atomic mass is 79.9. The molecule has 0 spiro atoms. The normalized spacial score (nSPS) is 10.5. The van der Waals surface area contributed by atoms with Crippen LogP contribution in [0, 0.1) is 5.82 Å². The minimum atomic E-state index is -0.253. The van der Waals surface area contributed by atoms with Crippen molar-refractivity contribution in [2.24, 2.45) is 0 Å². The van der Waals surface area contributed by atoms with Crippen LogP contribution in [-0.2, 0) is 16.1 Å². The Bertz CT molecular complexity index is 271. The zero-order valence-electron chi connectivity index (χ0n) is 7.93. The Morgan fingerprint density at radius 2 is 2.14 bits per heavy atom. The molecule has 0 unspecified atom stereocenters. The summed E-state index contributed by atoms with van der Waals surface area (Å²) >= 11 is 3.27. The van der Waals surface area contributed by atoms with Crippen LogP contribution in [0.25, 0.3) is 0 Å². The maximum absolute atomic E-state index is 13.2. The first-order valence-electron chi connectivity index (χ1n) is 4.25. The Labute approximate surface area is 91.2 Å². The lowest BCUT2D eigenvalue weighted by Gasteiger charge is -2.06. The van der Waals surface area contributed by atoms with Gasteiger partial charge in [0, 0.05) is 17.1 Å². The third kappa shape index (κ3) is 3.36. The summed E-state index contributed by atoms with van der Waals surface area (Å²) in [6.07, 6.45) is 0. The molecule has 0 atom stereocenters. The van der Waals surface area contributed by atoms with E-state index in [4.69, 9.17) is 9.47 Å². The largest absolute Gasteiger partial charge is 0.382 e. The van der Waals surface area contributed by atoms with Crippen molar-refractivity contribution in [3.63, 3.8) is 0 Å². The van der Waals surface area contributed by atoms with Gasteiger partial charge in [0.05, 0.1) is 19.8 Å². The molecule has 0 saturated carbocycles. The van der Waals surface area contributed by atoms with Gasteiger partial charge in [0.1, 0.15) is 5.82 Å². The van der Waals surface area contributed by atoms with E-state index in [1.165, 1.54) is 6.07 Å². The van der Waals surface area contributed by atoms with Crippen LogP contribution in [0.5, 0.6) is 0 Å². The van der Waals surface area contributed by atoms with Crippen molar-refractivity contribution < 1.29 is 13.9 Å². The van der Waals surface area contributed by atoms with E-state index >= 15 is 0 Å². The standard InChI is InChI=1S/C10H12BrFO2/c1-13-5-6-14-7-8-9(11)3-2-4-10(8)12/h2-4H,5-7H2,1H3. The highest BCUT2D eigenvalue weighted by Crippen LogP contribution is 2.20. The predicted molar refractivity (Wildman–Crippen MR) is 55.6 cm³/mol. The second-order valence-electron chi connectivity index (χ2n) is 2.75. The summed E-state index contributed by atoms with van der Waals surface area (Å²) in [5.74, 6) is -0.253. The lowest BCUT2D eigenvalue weighted by Crippen LogP contribution is -2.03. The molecular weight excluding hydrogens is 251 g/mol. The van der Waals surface area contributed by atoms with Crippen LogP contribution in [0.4, 0.5) is 4.39 Å². The van der Waals surface area contributed by atoms with Gasteiger partial charge in [-0.1, -0.05) is 22.0 Å². The minimum Gasteiger partial charge on any atom is -0.382 e. The third-order valence-corrected chi connectivity index (χ3v) is 2.48. The van der Waals surface area contributed by atoms with Gasteiger partial charge < -0.3 is 9.47 Å². The van der Waals surface area contributed by atoms with Gasteiger partial charge in [0.25, 0.3) is 0 Å². The Morgan fingerprint density at radius 1 is 1.36 bits per heavy atom. The molecule has 0 aliphatic heterocycles. The summed E-state index contributed by atoms with van der Waals surface area (Å²) in [5, 5.41) is 0. The average Bonchev–Trinajstić information content (AvgIpc) is 2.16. The van der Waals surface area contributed by atoms with E-state index in [0.29, 0.717) is 18.8 Å². The number of hydrogen-bond donors (Lipinski definition) is 0. The van der Waals surface area contributed by atoms with E-state index in [2.05, 4.69) is 15.9 Å². The summed E-state index contributed by atoms with van der Waals surface area (Å²) in [7, 11) is 1.60. The molecule has 0 heterocycles. The van der Waals surface area contributed by atoms with E-state index in [9.17, 15) is 4.39 Å². The molecule has 14 heavy (non-hydrogen) atoms. The lowest BCUT2D eigenvalue weighted by molar-refractivity contribution is 0.0601. The van der Waals surface area contributed by atoms with Crippen LogP contribution in [0.2, 0.25) is 0 Å². The van der Waals surface area contributed by atoms with Crippen molar-refractivity contribution in [2.45, 2.75) is 6.61 Å². The first-order valence-corrected chi connectivity index (χ1v) is 5.04. The van der Waals surface area contributed by atoms with Gasteiger partial charge in [-0.05, 0) is 12.1 Å². The van der Waals surface area contributed by atoms with E-state index in [0.717, 1.165) is 4.47 Å². The van der Waals surface area contributed by atoms with Crippen molar-refractivity contribution in [1.29, 1.82) is 0 Å². The molecule has 0 bridgehead atoms. The fourth-order valence-electron chi connectivity index (χ4n) is 0.987. The van der Waals surface area contributed by atoms with E-state index < -0.39 is 0 Å². The molecule has 4 heteroatoms. The molecule has 2 nitrogen and oxygen atoms in total. The second-order valence-corrected chi connectivity index (χ2v) is 3.60. The highest BCUT2D eigenvalue weighted by molar-refractivity contribution is 9.10. The summed E-state index contributed by atoms with van der Waals surface area (Å²) in [4.78, 5) is 0. The molecule has 0 radical (unpaired) electrons. The first-order chi connectivity index (χ1) is 6.75. The van der Waals surface area contributed by atoms with Gasteiger partial charge in [-0.25, -0.2) is 4.39 Å². The number of benzene rings is 1. The van der Waals surface area contributed by atoms with Crippen molar-refractivity contribution in [1.82, 2.24) is 0 Å². The summed E-state index contributed by atoms with van der Waals surface area (Å²) in [6.45, 7) is 1.25. The van der Waals surface area contributed by atoms with Crippen LogP contribution < -0.4 is 0 Å². The Balaban J connectivity index is 2.49. The van der Waals surface area contributed by atoms with Crippen molar-refractivity contribution in [3.8, 4) is 0 Å². The fraction of sp³-hybridized carbons (Fsp3) is 0.400. The molecule has 1 aromatic rings. The van der Waals surface area contributed by atoms with Crippen LogP contribution in [-0.4, -0.2) is 20.3 Å². The van der Waals surface area contributed by atoms with Crippen molar-refractivity contribution in [2.75, 3.05) is 20.3 Å². The van der Waals surface area contributed by atoms with E-state index in [1.807, 2.05) is 0 Å². The van der Waals surface area contributed by atoms with Crippen LogP contribution in [0.3, 0.4) is 0 Å². The van der Waals surface area contributed by atoms with Gasteiger partial charge in [0.15, 0.2) is 0 Å². The van der Waals surface area contributed by atoms with Crippen LogP contribution >= 0.6 is 15.9 Å². The van der Waals surface area contributed by atoms with Gasteiger partial charge in [-0.15, -0.1) is 0 Å². The number of hydrogen-bond acceptors (Lipinski definition) is 2. The molecule has 0 fully saturated rings. The first kappa shape index (κ1) is 11.6. The SMILES string of the molecule is COCCOCc1c(F)cccc1Br. The molecule has 0 aliphatic carbocycles. The maximum Gasteiger partial charge on any atom is 0.129 e. The zero-order valence-corrected chi connectivity index (χ0v) is 9.51. The molecular formula is C10H12BrFO2. The predicted octanol–water partition coefficient (Wildman–Crippen LogP) is 2.75. The lowest BCUT2D eigenvalue weighted by atomic mass is 10.2. The summed E-state index contributed by atoms with van der Waals surface area (Å²) < 4.78 is 24.0. The molecule has 78 valence electrons. The Hall–Kier alpha value is -0.450. The summed E-state index contributed by atoms with van der Waals surface area (Å²) in [5.41, 5.74) is 0.545. The van der Waals surface area contributed by atoms with E-state index in [1.54, 1.807) is 19.2 Å². The Morgan fingerprint density at radius 3 is 2.79 bits per heavy atom. The van der Waals surface area contributed by atoms with Crippen molar-refractivity contribution >= 4 is 15.9 Å². The molecule has 0 N–H and O–H groups in total. The zero-order chi connectivity index (χ0) is 10.4. The molecule has 0 amide bonds. The summed E-state index contributed by atoms with van der Waals surface area (Å²) in [6, 6.07) is 4.86. The molecule has 0 saturated heterocycles.